The van der Waals surface area contributed by atoms with Crippen molar-refractivity contribution >= 4 is 0 Å². The molecule has 20 heavy (non-hydrogen) atoms. The standard InChI is InChI=1S/2C6H6O3.O.V/c2*1-4-6(8)5(7)2-3-9-4;;/h2*2-3,8H,1H3;;/p-2. The Hall–Kier alpha value is -2.12. The Kier molecular flexibility index (Phi) is 7.95. The summed E-state index contributed by atoms with van der Waals surface area (Å²) in [6, 6.07) is 2.21. The molecule has 2 aromatic heterocycles. The van der Waals surface area contributed by atoms with Gasteiger partial charge in [-0.25, -0.2) is 0 Å². The van der Waals surface area contributed by atoms with Crippen molar-refractivity contribution < 1.29 is 40.1 Å². The zero-order valence-corrected chi connectivity index (χ0v) is 12.0. The van der Waals surface area contributed by atoms with Crippen LogP contribution in [0.4, 0.5) is 0 Å². The first kappa shape index (κ1) is 17.9. The maximum absolute atomic E-state index is 10.6. The molecule has 0 radical (unpaired) electrons. The van der Waals surface area contributed by atoms with Gasteiger partial charge < -0.3 is 19.0 Å². The molecule has 2 aromatic rings. The van der Waals surface area contributed by atoms with Crippen LogP contribution >= 0.6 is 0 Å². The third-order valence-corrected chi connectivity index (χ3v) is 2.02. The zero-order valence-electron chi connectivity index (χ0n) is 10.6. The van der Waals surface area contributed by atoms with Gasteiger partial charge in [-0.2, -0.15) is 0 Å². The second-order valence-corrected chi connectivity index (χ2v) is 3.34. The summed E-state index contributed by atoms with van der Waals surface area (Å²) in [7, 11) is 0. The SMILES string of the molecule is Cc1occc(=O)c1[O-].Cc1occc(=O)c1[O-].[O]=[V]. The molecular formula is C12H10O7V-2. The van der Waals surface area contributed by atoms with Gasteiger partial charge in [0.2, 0.25) is 0 Å². The van der Waals surface area contributed by atoms with Gasteiger partial charge in [-0.1, -0.05) is 0 Å². The molecule has 7 nitrogen and oxygen atoms in total. The first-order chi connectivity index (χ1) is 9.43. The predicted octanol–water partition coefficient (Wildman–Crippen LogP) is -0.0777. The molecule has 0 fully saturated rings. The van der Waals surface area contributed by atoms with Crippen LogP contribution in [0.2, 0.25) is 0 Å². The molecule has 2 heterocycles. The Labute approximate surface area is 122 Å². The van der Waals surface area contributed by atoms with E-state index in [-0.39, 0.29) is 11.5 Å². The molecule has 0 aliphatic rings. The molecule has 0 spiro atoms. The first-order valence-electron chi connectivity index (χ1n) is 5.12. The molecule has 107 valence electrons. The second-order valence-electron chi connectivity index (χ2n) is 3.34. The van der Waals surface area contributed by atoms with E-state index in [0.717, 1.165) is 29.5 Å². The van der Waals surface area contributed by atoms with E-state index in [1.54, 1.807) is 0 Å². The van der Waals surface area contributed by atoms with Gasteiger partial charge in [-0.3, -0.25) is 9.59 Å². The summed E-state index contributed by atoms with van der Waals surface area (Å²) in [4.78, 5) is 20.9. The van der Waals surface area contributed by atoms with Crippen molar-refractivity contribution in [2.45, 2.75) is 13.8 Å². The van der Waals surface area contributed by atoms with Crippen molar-refractivity contribution in [2.24, 2.45) is 0 Å². The molecule has 0 saturated carbocycles. The van der Waals surface area contributed by atoms with Crippen LogP contribution in [-0.4, -0.2) is 0 Å². The van der Waals surface area contributed by atoms with Crippen LogP contribution in [0.15, 0.2) is 43.1 Å². The van der Waals surface area contributed by atoms with Crippen molar-refractivity contribution in [3.8, 4) is 11.5 Å². The van der Waals surface area contributed by atoms with E-state index in [1.165, 1.54) is 26.4 Å². The fraction of sp³-hybridized carbons (Fsp3) is 0.167. The van der Waals surface area contributed by atoms with Gasteiger partial charge in [0.25, 0.3) is 0 Å². The Bertz CT molecular complexity index is 602. The molecule has 0 amide bonds. The average molecular weight is 317 g/mol. The predicted molar refractivity (Wildman–Crippen MR) is 59.0 cm³/mol. The van der Waals surface area contributed by atoms with Crippen LogP contribution in [-0.2, 0) is 21.0 Å². The van der Waals surface area contributed by atoms with Crippen LogP contribution < -0.4 is 21.1 Å². The van der Waals surface area contributed by atoms with Crippen molar-refractivity contribution in [1.82, 2.24) is 0 Å². The number of rotatable bonds is 0. The molecule has 8 heteroatoms. The topological polar surface area (TPSA) is 124 Å². The Morgan fingerprint density at radius 2 is 1.15 bits per heavy atom. The van der Waals surface area contributed by atoms with E-state index >= 15 is 0 Å². The molecular weight excluding hydrogens is 307 g/mol. The molecule has 0 bridgehead atoms. The van der Waals surface area contributed by atoms with Crippen LogP contribution in [0.1, 0.15) is 11.5 Å². The molecule has 0 unspecified atom stereocenters. The van der Waals surface area contributed by atoms with Gasteiger partial charge >= 0.3 is 21.0 Å². The summed E-state index contributed by atoms with van der Waals surface area (Å²) in [5.41, 5.74) is -1.03. The van der Waals surface area contributed by atoms with Crippen molar-refractivity contribution in [3.05, 3.63) is 56.6 Å². The molecule has 0 atom stereocenters. The Morgan fingerprint density at radius 1 is 0.850 bits per heavy atom. The van der Waals surface area contributed by atoms with Gasteiger partial charge in [0, 0.05) is 12.1 Å². The fourth-order valence-corrected chi connectivity index (χ4v) is 1.00. The Balaban J connectivity index is 0.000000321. The van der Waals surface area contributed by atoms with Crippen molar-refractivity contribution in [1.29, 1.82) is 0 Å². The normalized spacial score (nSPS) is 8.65. The maximum atomic E-state index is 10.6. The average Bonchev–Trinajstić information content (AvgIpc) is 2.45. The molecule has 2 rings (SSSR count). The van der Waals surface area contributed by atoms with Gasteiger partial charge in [0.05, 0.1) is 24.0 Å². The zero-order chi connectivity index (χ0) is 15.7. The van der Waals surface area contributed by atoms with Gasteiger partial charge in [-0.15, -0.1) is 0 Å². The summed E-state index contributed by atoms with van der Waals surface area (Å²) in [6.45, 7) is 2.92. The number of hydrogen-bond acceptors (Lipinski definition) is 7. The third kappa shape index (κ3) is 5.25. The third-order valence-electron chi connectivity index (χ3n) is 2.02. The van der Waals surface area contributed by atoms with Crippen LogP contribution in [0.5, 0.6) is 11.5 Å². The summed E-state index contributed by atoms with van der Waals surface area (Å²) in [5.74, 6) is -0.833. The quantitative estimate of drug-likeness (QED) is 0.665. The monoisotopic (exact) mass is 317 g/mol. The van der Waals surface area contributed by atoms with E-state index in [0.29, 0.717) is 0 Å². The van der Waals surface area contributed by atoms with Gasteiger partial charge in [-0.05, 0) is 25.3 Å². The summed E-state index contributed by atoms with van der Waals surface area (Å²) >= 11 is 1.06. The van der Waals surface area contributed by atoms with Gasteiger partial charge in [0.15, 0.2) is 10.9 Å². The molecule has 0 N–H and O–H groups in total. The summed E-state index contributed by atoms with van der Waals surface area (Å²) < 4.78 is 17.4. The number of hydrogen-bond donors (Lipinski definition) is 0. The van der Waals surface area contributed by atoms with Crippen LogP contribution in [0.3, 0.4) is 0 Å². The minimum absolute atomic E-state index is 0.141. The molecule has 0 aliphatic carbocycles. The van der Waals surface area contributed by atoms with Crippen molar-refractivity contribution in [2.75, 3.05) is 0 Å². The summed E-state index contributed by atoms with van der Waals surface area (Å²) in [5, 5.41) is 21.1. The van der Waals surface area contributed by atoms with E-state index in [1.807, 2.05) is 0 Å². The second kappa shape index (κ2) is 8.90. The summed E-state index contributed by atoms with van der Waals surface area (Å²) in [6.07, 6.45) is 2.41. The van der Waals surface area contributed by atoms with Crippen LogP contribution in [0.25, 0.3) is 0 Å². The molecule has 0 saturated heterocycles. The van der Waals surface area contributed by atoms with Crippen molar-refractivity contribution in [3.63, 3.8) is 0 Å². The van der Waals surface area contributed by atoms with E-state index in [4.69, 9.17) is 3.67 Å². The molecule has 0 aromatic carbocycles. The fourth-order valence-electron chi connectivity index (χ4n) is 1.00. The van der Waals surface area contributed by atoms with E-state index in [2.05, 4.69) is 8.83 Å². The van der Waals surface area contributed by atoms with E-state index in [9.17, 15) is 19.8 Å². The van der Waals surface area contributed by atoms with Gasteiger partial charge in [0.1, 0.15) is 0 Å². The minimum atomic E-state index is -0.558. The van der Waals surface area contributed by atoms with Crippen LogP contribution in [0, 0.1) is 13.8 Å². The molecule has 0 aliphatic heterocycles. The van der Waals surface area contributed by atoms with E-state index < -0.39 is 22.4 Å². The number of aryl methyl sites for hydroxylation is 2. The first-order valence-corrected chi connectivity index (χ1v) is 5.69. The Morgan fingerprint density at radius 3 is 1.35 bits per heavy atom.